The first-order valence-electron chi connectivity index (χ1n) is 6.42. The van der Waals surface area contributed by atoms with Crippen LogP contribution in [0.5, 0.6) is 0 Å². The number of aliphatic hydroxyl groups is 1. The Balaban J connectivity index is 2.23. The number of thiazole rings is 1. The number of aryl methyl sites for hydroxylation is 1. The molecule has 0 aliphatic carbocycles. The molecule has 0 spiro atoms. The van der Waals surface area contributed by atoms with Gasteiger partial charge in [-0.25, -0.2) is 4.98 Å². The molecule has 0 aromatic carbocycles. The summed E-state index contributed by atoms with van der Waals surface area (Å²) < 4.78 is 0. The molecular formula is C14H22N2O2S. The van der Waals surface area contributed by atoms with Crippen molar-refractivity contribution in [3.63, 3.8) is 0 Å². The first-order valence-corrected chi connectivity index (χ1v) is 7.30. The lowest BCUT2D eigenvalue weighted by Crippen LogP contribution is -2.24. The predicted octanol–water partition coefficient (Wildman–Crippen LogP) is 2.38. The molecule has 19 heavy (non-hydrogen) atoms. The lowest BCUT2D eigenvalue weighted by molar-refractivity contribution is -0.116. The molecule has 0 atom stereocenters. The number of amides is 1. The van der Waals surface area contributed by atoms with Crippen molar-refractivity contribution in [3.05, 3.63) is 22.2 Å². The molecule has 0 unspecified atom stereocenters. The zero-order valence-corrected chi connectivity index (χ0v) is 12.6. The second-order valence-electron chi connectivity index (χ2n) is 5.34. The summed E-state index contributed by atoms with van der Waals surface area (Å²) >= 11 is 1.57. The molecule has 0 saturated carbocycles. The Morgan fingerprint density at radius 2 is 2.32 bits per heavy atom. The normalized spacial score (nSPS) is 12.0. The van der Waals surface area contributed by atoms with Gasteiger partial charge in [0.05, 0.1) is 10.7 Å². The van der Waals surface area contributed by atoms with Crippen LogP contribution < -0.4 is 5.32 Å². The maximum Gasteiger partial charge on any atom is 0.244 e. The van der Waals surface area contributed by atoms with Crippen LogP contribution in [0.4, 0.5) is 0 Å². The van der Waals surface area contributed by atoms with Crippen LogP contribution in [0, 0.1) is 12.3 Å². The van der Waals surface area contributed by atoms with E-state index in [0.717, 1.165) is 23.5 Å². The summed E-state index contributed by atoms with van der Waals surface area (Å²) in [6.07, 6.45) is 4.98. The average molecular weight is 282 g/mol. The monoisotopic (exact) mass is 282 g/mol. The maximum absolute atomic E-state index is 11.5. The maximum atomic E-state index is 11.5. The third-order valence-corrected chi connectivity index (χ3v) is 3.59. The molecule has 2 N–H and O–H groups in total. The molecule has 0 aliphatic rings. The van der Waals surface area contributed by atoms with E-state index in [1.54, 1.807) is 17.4 Å². The van der Waals surface area contributed by atoms with Crippen molar-refractivity contribution in [2.24, 2.45) is 5.41 Å². The Morgan fingerprint density at radius 3 is 2.89 bits per heavy atom. The molecule has 0 fully saturated rings. The van der Waals surface area contributed by atoms with Gasteiger partial charge >= 0.3 is 0 Å². The number of nitrogens with zero attached hydrogens (tertiary/aromatic N) is 1. The zero-order chi connectivity index (χ0) is 14.3. The molecular weight excluding hydrogens is 260 g/mol. The smallest absolute Gasteiger partial charge is 0.244 e. The van der Waals surface area contributed by atoms with Crippen LogP contribution in [-0.4, -0.2) is 29.1 Å². The summed E-state index contributed by atoms with van der Waals surface area (Å²) in [5.41, 5.74) is 0.748. The van der Waals surface area contributed by atoms with Gasteiger partial charge in [-0.2, -0.15) is 0 Å². The lowest BCUT2D eigenvalue weighted by Gasteiger charge is -2.20. The Kier molecular flexibility index (Phi) is 6.18. The summed E-state index contributed by atoms with van der Waals surface area (Å²) in [6.45, 7) is 6.76. The molecule has 0 aliphatic heterocycles. The van der Waals surface area contributed by atoms with E-state index in [9.17, 15) is 4.79 Å². The van der Waals surface area contributed by atoms with Crippen LogP contribution >= 0.6 is 11.3 Å². The van der Waals surface area contributed by atoms with Crippen LogP contribution in [0.15, 0.2) is 11.5 Å². The summed E-state index contributed by atoms with van der Waals surface area (Å²) in [4.78, 5) is 15.8. The number of hydrogen-bond acceptors (Lipinski definition) is 4. The van der Waals surface area contributed by atoms with E-state index in [2.05, 4.69) is 10.3 Å². The van der Waals surface area contributed by atoms with Gasteiger partial charge in [0.25, 0.3) is 0 Å². The number of aromatic nitrogens is 1. The van der Waals surface area contributed by atoms with Crippen molar-refractivity contribution >= 4 is 23.3 Å². The molecule has 1 rings (SSSR count). The largest absolute Gasteiger partial charge is 0.396 e. The van der Waals surface area contributed by atoms with E-state index < -0.39 is 0 Å². The minimum absolute atomic E-state index is 0.0707. The van der Waals surface area contributed by atoms with E-state index in [0.29, 0.717) is 6.54 Å². The molecule has 0 radical (unpaired) electrons. The van der Waals surface area contributed by atoms with Gasteiger partial charge in [0.1, 0.15) is 0 Å². The fraction of sp³-hybridized carbons (Fsp3) is 0.571. The molecule has 5 heteroatoms. The van der Waals surface area contributed by atoms with Gasteiger partial charge in [0.15, 0.2) is 0 Å². The minimum atomic E-state index is -0.104. The van der Waals surface area contributed by atoms with Crippen LogP contribution in [-0.2, 0) is 4.79 Å². The third-order valence-electron chi connectivity index (χ3n) is 2.80. The van der Waals surface area contributed by atoms with Gasteiger partial charge < -0.3 is 10.4 Å². The number of nitrogens with one attached hydrogen (secondary N) is 1. The summed E-state index contributed by atoms with van der Waals surface area (Å²) in [6, 6.07) is 0. The molecule has 1 aromatic rings. The Hall–Kier alpha value is -1.20. The van der Waals surface area contributed by atoms with Crippen molar-refractivity contribution in [3.8, 4) is 0 Å². The summed E-state index contributed by atoms with van der Waals surface area (Å²) in [7, 11) is 0. The highest BCUT2D eigenvalue weighted by molar-refractivity contribution is 7.09. The van der Waals surface area contributed by atoms with Gasteiger partial charge in [-0.3, -0.25) is 4.79 Å². The second-order valence-corrected chi connectivity index (χ2v) is 6.40. The topological polar surface area (TPSA) is 62.2 Å². The van der Waals surface area contributed by atoms with Gasteiger partial charge in [0.2, 0.25) is 5.91 Å². The first kappa shape index (κ1) is 15.9. The van der Waals surface area contributed by atoms with Crippen molar-refractivity contribution in [1.29, 1.82) is 0 Å². The van der Waals surface area contributed by atoms with Crippen molar-refractivity contribution in [2.75, 3.05) is 13.2 Å². The summed E-state index contributed by atoms with van der Waals surface area (Å²) in [5.74, 6) is -0.104. The molecule has 1 amide bonds. The van der Waals surface area contributed by atoms with Gasteiger partial charge in [-0.15, -0.1) is 11.3 Å². The number of carbonyl (C=O) groups is 1. The van der Waals surface area contributed by atoms with Crippen LogP contribution in [0.25, 0.3) is 6.08 Å². The van der Waals surface area contributed by atoms with E-state index in [1.165, 1.54) is 6.08 Å². The Labute approximate surface area is 118 Å². The number of rotatable bonds is 7. The molecule has 1 heterocycles. The predicted molar refractivity (Wildman–Crippen MR) is 79.0 cm³/mol. The highest BCUT2D eigenvalue weighted by atomic mass is 32.1. The van der Waals surface area contributed by atoms with E-state index in [-0.39, 0.29) is 17.9 Å². The number of aliphatic hydroxyl groups excluding tert-OH is 1. The number of carbonyl (C=O) groups excluding carboxylic acids is 1. The van der Waals surface area contributed by atoms with Crippen molar-refractivity contribution in [2.45, 2.75) is 33.6 Å². The van der Waals surface area contributed by atoms with E-state index in [4.69, 9.17) is 5.11 Å². The van der Waals surface area contributed by atoms with E-state index in [1.807, 2.05) is 26.2 Å². The molecule has 0 saturated heterocycles. The van der Waals surface area contributed by atoms with Crippen molar-refractivity contribution in [1.82, 2.24) is 10.3 Å². The third kappa shape index (κ3) is 6.50. The van der Waals surface area contributed by atoms with Gasteiger partial charge in [-0.05, 0) is 31.3 Å². The van der Waals surface area contributed by atoms with Gasteiger partial charge in [0, 0.05) is 24.6 Å². The second kappa shape index (κ2) is 7.40. The zero-order valence-electron chi connectivity index (χ0n) is 11.8. The highest BCUT2D eigenvalue weighted by Crippen LogP contribution is 2.20. The summed E-state index contributed by atoms with van der Waals surface area (Å²) in [5, 5.41) is 14.8. The standard InChI is InChI=1S/C14H22N2O2S/c1-11-16-12(9-19-11)5-6-13(18)15-8-4-7-14(2,3)10-17/h5-6,9,17H,4,7-8,10H2,1-3H3,(H,15,18)/b6-5+. The quantitative estimate of drug-likeness (QED) is 0.596. The first-order chi connectivity index (χ1) is 8.93. The Bertz CT molecular complexity index is 438. The minimum Gasteiger partial charge on any atom is -0.396 e. The van der Waals surface area contributed by atoms with Crippen LogP contribution in [0.3, 0.4) is 0 Å². The number of hydrogen-bond donors (Lipinski definition) is 2. The molecule has 1 aromatic heterocycles. The SMILES string of the molecule is Cc1nc(/C=C/C(=O)NCCCC(C)(C)CO)cs1. The van der Waals surface area contributed by atoms with E-state index >= 15 is 0 Å². The average Bonchev–Trinajstić information content (AvgIpc) is 2.78. The van der Waals surface area contributed by atoms with Crippen LogP contribution in [0.2, 0.25) is 0 Å². The fourth-order valence-corrected chi connectivity index (χ4v) is 2.11. The van der Waals surface area contributed by atoms with Crippen LogP contribution in [0.1, 0.15) is 37.4 Å². The molecule has 106 valence electrons. The highest BCUT2D eigenvalue weighted by Gasteiger charge is 2.15. The lowest BCUT2D eigenvalue weighted by atomic mass is 9.89. The van der Waals surface area contributed by atoms with Crippen molar-refractivity contribution < 1.29 is 9.90 Å². The fourth-order valence-electron chi connectivity index (χ4n) is 1.53. The van der Waals surface area contributed by atoms with Gasteiger partial charge in [-0.1, -0.05) is 13.8 Å². The molecule has 4 nitrogen and oxygen atoms in total. The Morgan fingerprint density at radius 1 is 1.58 bits per heavy atom. The molecule has 0 bridgehead atoms.